The summed E-state index contributed by atoms with van der Waals surface area (Å²) in [5.74, 6) is 0.757. The number of para-hydroxylation sites is 1. The molecule has 2 aromatic carbocycles. The first kappa shape index (κ1) is 17.9. The number of nitrogens with one attached hydrogen (secondary N) is 1. The van der Waals surface area contributed by atoms with Crippen LogP contribution < -0.4 is 27.0 Å². The van der Waals surface area contributed by atoms with Crippen molar-refractivity contribution in [3.63, 3.8) is 0 Å². The predicted octanol–water partition coefficient (Wildman–Crippen LogP) is 1.37. The number of nitrogens with zero attached hydrogens (tertiary/aromatic N) is 1. The highest BCUT2D eigenvalue weighted by molar-refractivity contribution is 9.10. The van der Waals surface area contributed by atoms with Crippen molar-refractivity contribution in [2.75, 3.05) is 19.0 Å². The first-order chi connectivity index (χ1) is 10.7. The van der Waals surface area contributed by atoms with Crippen LogP contribution in [0.5, 0.6) is 5.75 Å². The van der Waals surface area contributed by atoms with E-state index in [-0.39, 0.29) is 29.3 Å². The van der Waals surface area contributed by atoms with Crippen LogP contribution in [-0.2, 0) is 0 Å². The van der Waals surface area contributed by atoms with Gasteiger partial charge in [-0.1, -0.05) is 45.5 Å². The van der Waals surface area contributed by atoms with Gasteiger partial charge in [-0.15, -0.1) is 0 Å². The average Bonchev–Trinajstić information content (AvgIpc) is 2.95. The molecule has 0 radical (unpaired) electrons. The summed E-state index contributed by atoms with van der Waals surface area (Å²) in [7, 11) is 1.62. The van der Waals surface area contributed by atoms with Crippen molar-refractivity contribution >= 4 is 48.4 Å². The molecule has 0 atom stereocenters. The Morgan fingerprint density at radius 2 is 2.09 bits per heavy atom. The highest BCUT2D eigenvalue weighted by Gasteiger charge is 2.10. The number of anilines is 1. The lowest BCUT2D eigenvalue weighted by Gasteiger charge is -2.02. The number of carbonyl (C=O) groups is 1. The van der Waals surface area contributed by atoms with Gasteiger partial charge in [0.15, 0.2) is 10.9 Å². The van der Waals surface area contributed by atoms with Gasteiger partial charge in [0.25, 0.3) is 0 Å². The van der Waals surface area contributed by atoms with E-state index in [2.05, 4.69) is 26.2 Å². The van der Waals surface area contributed by atoms with Gasteiger partial charge in [0.1, 0.15) is 11.3 Å². The van der Waals surface area contributed by atoms with Gasteiger partial charge in [0, 0.05) is 10.0 Å². The number of benzene rings is 2. The zero-order valence-electron chi connectivity index (χ0n) is 12.2. The second kappa shape index (κ2) is 7.90. The molecule has 1 heterocycles. The Hall–Kier alpha value is -1.44. The molecular formula is C16H13Br2N2O2S-. The summed E-state index contributed by atoms with van der Waals surface area (Å²) in [6, 6.07) is 13.1. The molecule has 0 aliphatic rings. The lowest BCUT2D eigenvalue weighted by Crippen LogP contribution is -3.00. The minimum Gasteiger partial charge on any atom is -1.00 e. The topological polar surface area (TPSA) is 51.2 Å². The molecule has 0 saturated heterocycles. The third kappa shape index (κ3) is 4.10. The van der Waals surface area contributed by atoms with Gasteiger partial charge in [-0.2, -0.15) is 0 Å². The maximum absolute atomic E-state index is 12.2. The fourth-order valence-corrected chi connectivity index (χ4v) is 3.36. The van der Waals surface area contributed by atoms with Gasteiger partial charge >= 0.3 is 0 Å². The average molecular weight is 457 g/mol. The zero-order chi connectivity index (χ0) is 15.5. The zero-order valence-corrected chi connectivity index (χ0v) is 16.2. The molecule has 1 aromatic heterocycles. The molecule has 3 aromatic rings. The normalized spacial score (nSPS) is 10.2. The van der Waals surface area contributed by atoms with Crippen LogP contribution in [0.15, 0.2) is 46.9 Å². The molecule has 0 aliphatic heterocycles. The van der Waals surface area contributed by atoms with Crippen LogP contribution in [0.2, 0.25) is 0 Å². The number of halogens is 2. The van der Waals surface area contributed by atoms with E-state index in [1.807, 2.05) is 36.4 Å². The van der Waals surface area contributed by atoms with Crippen molar-refractivity contribution in [3.8, 4) is 5.75 Å². The van der Waals surface area contributed by atoms with E-state index in [1.54, 1.807) is 13.2 Å². The summed E-state index contributed by atoms with van der Waals surface area (Å²) < 4.78 is 7.21. The lowest BCUT2D eigenvalue weighted by molar-refractivity contribution is -0.0000121. The van der Waals surface area contributed by atoms with Crippen LogP contribution >= 0.6 is 27.3 Å². The first-order valence-corrected chi connectivity index (χ1v) is 8.24. The van der Waals surface area contributed by atoms with Gasteiger partial charge in [-0.05, 0) is 24.3 Å². The Bertz CT molecular complexity index is 836. The molecule has 23 heavy (non-hydrogen) atoms. The summed E-state index contributed by atoms with van der Waals surface area (Å²) in [5, 5.41) is 3.80. The number of thiazole rings is 1. The number of fused-ring (bicyclic) bond motifs is 1. The standard InChI is InChI=1S/C16H13BrN2O2S.BrH/c1-21-13-6-3-7-14-15(13)19-16(22-14)18-9-12(20)10-4-2-5-11(17)8-10;/h2-8H,9H2,1H3,(H,18,19);1H/p-1. The molecule has 0 aliphatic carbocycles. The third-order valence-electron chi connectivity index (χ3n) is 3.15. The molecule has 0 bridgehead atoms. The maximum Gasteiger partial charge on any atom is 0.184 e. The third-order valence-corrected chi connectivity index (χ3v) is 4.62. The SMILES string of the molecule is COc1cccc2sc(NCC(=O)c3cccc(Br)c3)nc12.[Br-]. The van der Waals surface area contributed by atoms with Gasteiger partial charge in [0.05, 0.1) is 18.4 Å². The molecule has 4 nitrogen and oxygen atoms in total. The van der Waals surface area contributed by atoms with Gasteiger partial charge in [-0.25, -0.2) is 4.98 Å². The van der Waals surface area contributed by atoms with Crippen molar-refractivity contribution < 1.29 is 26.5 Å². The number of aromatic nitrogens is 1. The summed E-state index contributed by atoms with van der Waals surface area (Å²) in [4.78, 5) is 16.7. The summed E-state index contributed by atoms with van der Waals surface area (Å²) in [6.07, 6.45) is 0. The molecule has 120 valence electrons. The van der Waals surface area contributed by atoms with Crippen molar-refractivity contribution in [1.82, 2.24) is 4.98 Å². The van der Waals surface area contributed by atoms with Crippen LogP contribution in [0, 0.1) is 0 Å². The highest BCUT2D eigenvalue weighted by atomic mass is 79.9. The van der Waals surface area contributed by atoms with E-state index in [0.29, 0.717) is 10.7 Å². The summed E-state index contributed by atoms with van der Waals surface area (Å²) in [6.45, 7) is 0.207. The minimum atomic E-state index is 0. The molecule has 0 fully saturated rings. The first-order valence-electron chi connectivity index (χ1n) is 6.63. The number of rotatable bonds is 5. The van der Waals surface area contributed by atoms with Gasteiger partial charge in [0.2, 0.25) is 0 Å². The van der Waals surface area contributed by atoms with E-state index in [9.17, 15) is 4.79 Å². The Balaban J connectivity index is 0.00000192. The van der Waals surface area contributed by atoms with Crippen LogP contribution in [0.25, 0.3) is 10.2 Å². The molecule has 1 N–H and O–H groups in total. The number of hydrogen-bond acceptors (Lipinski definition) is 5. The van der Waals surface area contributed by atoms with E-state index < -0.39 is 0 Å². The van der Waals surface area contributed by atoms with E-state index in [0.717, 1.165) is 20.4 Å². The number of carbonyl (C=O) groups excluding carboxylic acids is 1. The van der Waals surface area contributed by atoms with Gasteiger partial charge < -0.3 is 27.0 Å². The predicted molar refractivity (Wildman–Crippen MR) is 93.1 cm³/mol. The largest absolute Gasteiger partial charge is 1.00 e. The fraction of sp³-hybridized carbons (Fsp3) is 0.125. The van der Waals surface area contributed by atoms with Crippen molar-refractivity contribution in [2.24, 2.45) is 0 Å². The minimum absolute atomic E-state index is 0. The van der Waals surface area contributed by atoms with E-state index >= 15 is 0 Å². The number of Topliss-reactive ketones (excluding diaryl/α,β-unsaturated/α-hetero) is 1. The Kier molecular flexibility index (Phi) is 6.15. The molecule has 0 saturated carbocycles. The molecule has 0 spiro atoms. The summed E-state index contributed by atoms with van der Waals surface area (Å²) >= 11 is 4.87. The highest BCUT2D eigenvalue weighted by Crippen LogP contribution is 2.31. The summed E-state index contributed by atoms with van der Waals surface area (Å²) in [5.41, 5.74) is 1.48. The monoisotopic (exact) mass is 455 g/mol. The number of ketones is 1. The second-order valence-corrected chi connectivity index (χ2v) is 6.56. The second-order valence-electron chi connectivity index (χ2n) is 4.61. The maximum atomic E-state index is 12.2. The fourth-order valence-electron chi connectivity index (χ4n) is 2.08. The number of hydrogen-bond donors (Lipinski definition) is 1. The Labute approximate surface area is 156 Å². The molecular weight excluding hydrogens is 444 g/mol. The number of ether oxygens (including phenoxy) is 1. The van der Waals surface area contributed by atoms with Crippen LogP contribution in [0.1, 0.15) is 10.4 Å². The van der Waals surface area contributed by atoms with Crippen molar-refractivity contribution in [2.45, 2.75) is 0 Å². The quantitative estimate of drug-likeness (QED) is 0.589. The molecule has 7 heteroatoms. The van der Waals surface area contributed by atoms with Crippen LogP contribution in [0.4, 0.5) is 5.13 Å². The van der Waals surface area contributed by atoms with Crippen LogP contribution in [0.3, 0.4) is 0 Å². The van der Waals surface area contributed by atoms with E-state index in [4.69, 9.17) is 4.74 Å². The smallest absolute Gasteiger partial charge is 0.184 e. The Morgan fingerprint density at radius 1 is 1.30 bits per heavy atom. The van der Waals surface area contributed by atoms with Crippen molar-refractivity contribution in [3.05, 3.63) is 52.5 Å². The van der Waals surface area contributed by atoms with Crippen molar-refractivity contribution in [1.29, 1.82) is 0 Å². The van der Waals surface area contributed by atoms with Gasteiger partial charge in [-0.3, -0.25) is 4.79 Å². The number of methoxy groups -OCH3 is 1. The van der Waals surface area contributed by atoms with Crippen LogP contribution in [-0.4, -0.2) is 24.4 Å². The Morgan fingerprint density at radius 3 is 2.83 bits per heavy atom. The molecule has 0 unspecified atom stereocenters. The molecule has 3 rings (SSSR count). The lowest BCUT2D eigenvalue weighted by atomic mass is 10.1. The molecule has 0 amide bonds. The van der Waals surface area contributed by atoms with E-state index in [1.165, 1.54) is 11.3 Å².